The van der Waals surface area contributed by atoms with Crippen molar-refractivity contribution in [3.63, 3.8) is 0 Å². The van der Waals surface area contributed by atoms with Crippen molar-refractivity contribution in [1.82, 2.24) is 4.98 Å². The van der Waals surface area contributed by atoms with Crippen molar-refractivity contribution < 1.29 is 37.0 Å². The lowest BCUT2D eigenvalue weighted by atomic mass is 10.0. The number of aromatic nitrogens is 1. The molecule has 1 aromatic heterocycles. The van der Waals surface area contributed by atoms with Gasteiger partial charge >= 0.3 is 13.3 Å². The molecule has 7 nitrogen and oxygen atoms in total. The predicted octanol–water partition coefficient (Wildman–Crippen LogP) is 3.93. The zero-order chi connectivity index (χ0) is 19.8. The molecule has 2 heterocycles. The van der Waals surface area contributed by atoms with Crippen LogP contribution in [0.3, 0.4) is 0 Å². The lowest BCUT2D eigenvalue weighted by Gasteiger charge is -2.36. The summed E-state index contributed by atoms with van der Waals surface area (Å²) in [5.74, 6) is -0.700. The number of fused-ring (bicyclic) bond motifs is 1. The molecule has 0 saturated heterocycles. The Balaban J connectivity index is 2.50. The molecule has 0 aromatic carbocycles. The molecule has 1 aliphatic heterocycles. The first-order valence-electron chi connectivity index (χ1n) is 8.25. The van der Waals surface area contributed by atoms with Crippen LogP contribution in [0.4, 0.5) is 8.78 Å². The third-order valence-corrected chi connectivity index (χ3v) is 6.02. The standard InChI is InChI=1S/C16H24F2NO6P/c1-6-23-26(21,24-7-2)16(17,18)14(20)11-8-19-10(3)13-12(11)9-22-15(4,5)25-13/h8,14,20H,6-7,9H2,1-5H3. The lowest BCUT2D eigenvalue weighted by molar-refractivity contribution is -0.181. The SMILES string of the molecule is CCOP(=O)(OCC)C(F)(F)C(O)c1cnc(C)c2c1COC(C)(C)O2. The van der Waals surface area contributed by atoms with Crippen LogP contribution < -0.4 is 4.74 Å². The molecule has 0 radical (unpaired) electrons. The Bertz CT molecular complexity index is 702. The van der Waals surface area contributed by atoms with Gasteiger partial charge in [0.1, 0.15) is 5.75 Å². The van der Waals surface area contributed by atoms with Gasteiger partial charge in [-0.1, -0.05) is 0 Å². The van der Waals surface area contributed by atoms with E-state index in [1.165, 1.54) is 13.8 Å². The molecule has 0 amide bonds. The summed E-state index contributed by atoms with van der Waals surface area (Å²) in [6.45, 7) is 7.23. The number of ether oxygens (including phenoxy) is 2. The molecule has 0 bridgehead atoms. The highest BCUT2D eigenvalue weighted by Crippen LogP contribution is 2.66. The summed E-state index contributed by atoms with van der Waals surface area (Å²) < 4.78 is 62.9. The molecule has 148 valence electrons. The van der Waals surface area contributed by atoms with E-state index in [1.807, 2.05) is 0 Å². The Morgan fingerprint density at radius 2 is 1.96 bits per heavy atom. The van der Waals surface area contributed by atoms with Gasteiger partial charge < -0.3 is 23.6 Å². The number of alkyl halides is 2. The topological polar surface area (TPSA) is 87.1 Å². The lowest BCUT2D eigenvalue weighted by Crippen LogP contribution is -2.37. The Morgan fingerprint density at radius 1 is 1.38 bits per heavy atom. The number of aliphatic hydroxyl groups excluding tert-OH is 1. The maximum absolute atomic E-state index is 14.9. The van der Waals surface area contributed by atoms with Gasteiger partial charge in [0.25, 0.3) is 0 Å². The van der Waals surface area contributed by atoms with Crippen molar-refractivity contribution in [2.75, 3.05) is 13.2 Å². The average molecular weight is 395 g/mol. The number of aryl methyl sites for hydroxylation is 1. The third-order valence-electron chi connectivity index (χ3n) is 3.85. The van der Waals surface area contributed by atoms with Gasteiger partial charge in [-0.25, -0.2) is 0 Å². The number of aliphatic hydroxyl groups is 1. The molecular formula is C16H24F2NO6P. The maximum Gasteiger partial charge on any atom is 0.402 e. The molecule has 0 aliphatic carbocycles. The summed E-state index contributed by atoms with van der Waals surface area (Å²) in [6.07, 6.45) is -1.37. The molecule has 1 unspecified atom stereocenters. The molecule has 0 saturated carbocycles. The average Bonchev–Trinajstić information content (AvgIpc) is 2.55. The number of hydrogen-bond acceptors (Lipinski definition) is 7. The molecule has 0 spiro atoms. The summed E-state index contributed by atoms with van der Waals surface area (Å²) in [6, 6.07) is 0. The number of pyridine rings is 1. The normalized spacial score (nSPS) is 18.2. The monoisotopic (exact) mass is 395 g/mol. The highest BCUT2D eigenvalue weighted by atomic mass is 31.2. The first-order valence-corrected chi connectivity index (χ1v) is 9.79. The van der Waals surface area contributed by atoms with Crippen LogP contribution >= 0.6 is 7.60 Å². The van der Waals surface area contributed by atoms with E-state index in [-0.39, 0.29) is 36.7 Å². The summed E-state index contributed by atoms with van der Waals surface area (Å²) in [7, 11) is -4.91. The molecule has 2 rings (SSSR count). The van der Waals surface area contributed by atoms with E-state index in [2.05, 4.69) is 4.98 Å². The maximum atomic E-state index is 14.9. The van der Waals surface area contributed by atoms with E-state index in [1.54, 1.807) is 20.8 Å². The van der Waals surface area contributed by atoms with Crippen LogP contribution in [0.5, 0.6) is 5.75 Å². The zero-order valence-electron chi connectivity index (χ0n) is 15.4. The smallest absolute Gasteiger partial charge is 0.402 e. The predicted molar refractivity (Wildman–Crippen MR) is 89.2 cm³/mol. The molecular weight excluding hydrogens is 371 g/mol. The van der Waals surface area contributed by atoms with Gasteiger partial charge in [0.05, 0.1) is 25.5 Å². The fourth-order valence-electron chi connectivity index (χ4n) is 2.58. The summed E-state index contributed by atoms with van der Waals surface area (Å²) >= 11 is 0. The van der Waals surface area contributed by atoms with Gasteiger partial charge in [0.15, 0.2) is 6.10 Å². The van der Waals surface area contributed by atoms with Crippen LogP contribution in [0, 0.1) is 6.92 Å². The second kappa shape index (κ2) is 7.48. The van der Waals surface area contributed by atoms with Crippen molar-refractivity contribution in [2.24, 2.45) is 0 Å². The molecule has 1 N–H and O–H groups in total. The highest BCUT2D eigenvalue weighted by Gasteiger charge is 2.60. The quantitative estimate of drug-likeness (QED) is 0.700. The molecule has 1 aliphatic rings. The van der Waals surface area contributed by atoms with Crippen molar-refractivity contribution >= 4 is 7.60 Å². The Morgan fingerprint density at radius 3 is 2.50 bits per heavy atom. The van der Waals surface area contributed by atoms with Gasteiger partial charge in [-0.05, 0) is 20.8 Å². The largest absolute Gasteiger partial charge is 0.461 e. The highest BCUT2D eigenvalue weighted by molar-refractivity contribution is 7.55. The summed E-state index contributed by atoms with van der Waals surface area (Å²) in [5.41, 5.74) is -3.74. The fraction of sp³-hybridized carbons (Fsp3) is 0.688. The van der Waals surface area contributed by atoms with Crippen LogP contribution in [0.25, 0.3) is 0 Å². The van der Waals surface area contributed by atoms with Gasteiger partial charge in [0.2, 0.25) is 5.79 Å². The summed E-state index contributed by atoms with van der Waals surface area (Å²) in [4.78, 5) is 4.02. The number of halogens is 2. The molecule has 0 fully saturated rings. The van der Waals surface area contributed by atoms with Crippen LogP contribution in [0.1, 0.15) is 50.6 Å². The molecule has 1 atom stereocenters. The minimum absolute atomic E-state index is 0.0677. The third kappa shape index (κ3) is 3.77. The summed E-state index contributed by atoms with van der Waals surface area (Å²) in [5, 5.41) is 10.4. The zero-order valence-corrected chi connectivity index (χ0v) is 16.3. The molecule has 10 heteroatoms. The number of rotatable bonds is 7. The van der Waals surface area contributed by atoms with Gasteiger partial charge in [-0.15, -0.1) is 0 Å². The number of nitrogens with zero attached hydrogens (tertiary/aromatic N) is 1. The minimum Gasteiger partial charge on any atom is -0.461 e. The van der Waals surface area contributed by atoms with Crippen molar-refractivity contribution in [3.8, 4) is 5.75 Å². The van der Waals surface area contributed by atoms with E-state index < -0.39 is 25.2 Å². The van der Waals surface area contributed by atoms with E-state index in [0.717, 1.165) is 6.20 Å². The Hall–Kier alpha value is -1.12. The second-order valence-corrected chi connectivity index (χ2v) is 8.33. The van der Waals surface area contributed by atoms with Crippen LogP contribution in [-0.2, 0) is 25.0 Å². The van der Waals surface area contributed by atoms with Crippen LogP contribution in [-0.4, -0.2) is 34.8 Å². The van der Waals surface area contributed by atoms with Crippen LogP contribution in [0.2, 0.25) is 0 Å². The first-order chi connectivity index (χ1) is 12.0. The van der Waals surface area contributed by atoms with E-state index in [0.29, 0.717) is 5.69 Å². The van der Waals surface area contributed by atoms with Crippen molar-refractivity contribution in [1.29, 1.82) is 0 Å². The van der Waals surface area contributed by atoms with E-state index >= 15 is 0 Å². The molecule has 1 aromatic rings. The fourth-order valence-corrected chi connectivity index (χ4v) is 4.12. The van der Waals surface area contributed by atoms with Crippen LogP contribution in [0.15, 0.2) is 6.20 Å². The Kier molecular flexibility index (Phi) is 6.09. The van der Waals surface area contributed by atoms with E-state index in [4.69, 9.17) is 18.5 Å². The van der Waals surface area contributed by atoms with E-state index in [9.17, 15) is 18.5 Å². The Labute approximate surface area is 151 Å². The molecule has 26 heavy (non-hydrogen) atoms. The van der Waals surface area contributed by atoms with Crippen molar-refractivity contribution in [2.45, 2.75) is 58.8 Å². The van der Waals surface area contributed by atoms with Crippen molar-refractivity contribution in [3.05, 3.63) is 23.0 Å². The van der Waals surface area contributed by atoms with Gasteiger partial charge in [-0.3, -0.25) is 9.55 Å². The van der Waals surface area contributed by atoms with Gasteiger partial charge in [0, 0.05) is 31.2 Å². The second-order valence-electron chi connectivity index (χ2n) is 6.22. The minimum atomic E-state index is -4.91. The number of hydrogen-bond donors (Lipinski definition) is 1. The van der Waals surface area contributed by atoms with Gasteiger partial charge in [-0.2, -0.15) is 8.78 Å². The first kappa shape index (κ1) is 21.2.